The first-order chi connectivity index (χ1) is 8.27. The van der Waals surface area contributed by atoms with E-state index in [2.05, 4.69) is 43.4 Å². The molecule has 0 amide bonds. The van der Waals surface area contributed by atoms with Crippen LogP contribution in [0.2, 0.25) is 0 Å². The third-order valence-electron chi connectivity index (χ3n) is 3.10. The van der Waals surface area contributed by atoms with Gasteiger partial charge in [-0.2, -0.15) is 0 Å². The number of aryl methyl sites for hydroxylation is 1. The summed E-state index contributed by atoms with van der Waals surface area (Å²) in [5.41, 5.74) is 8.44. The molecular weight excluding hydrogens is 208 g/mol. The van der Waals surface area contributed by atoms with Crippen molar-refractivity contribution in [2.45, 2.75) is 45.6 Å². The van der Waals surface area contributed by atoms with Crippen molar-refractivity contribution in [2.75, 3.05) is 13.1 Å². The molecular formula is C15H26N2. The maximum atomic E-state index is 5.83. The normalized spacial score (nSPS) is 12.6. The van der Waals surface area contributed by atoms with Crippen LogP contribution < -0.4 is 11.1 Å². The second-order valence-electron chi connectivity index (χ2n) is 4.72. The third-order valence-corrected chi connectivity index (χ3v) is 3.10. The zero-order valence-electron chi connectivity index (χ0n) is 11.2. The molecule has 1 rings (SSSR count). The molecule has 1 aromatic rings. The van der Waals surface area contributed by atoms with Gasteiger partial charge in [-0.3, -0.25) is 0 Å². The minimum Gasteiger partial charge on any atom is -0.329 e. The fourth-order valence-electron chi connectivity index (χ4n) is 2.05. The molecule has 0 heterocycles. The number of rotatable bonds is 8. The van der Waals surface area contributed by atoms with E-state index in [0.717, 1.165) is 6.54 Å². The first-order valence-electron chi connectivity index (χ1n) is 6.78. The second kappa shape index (κ2) is 8.26. The Kier molecular flexibility index (Phi) is 6.90. The smallest absolute Gasteiger partial charge is 0.0444 e. The van der Waals surface area contributed by atoms with Crippen molar-refractivity contribution in [3.63, 3.8) is 0 Å². The SMILES string of the molecule is CCCCCCNC(CN)c1cccc(C)c1. The van der Waals surface area contributed by atoms with Gasteiger partial charge in [-0.25, -0.2) is 0 Å². The molecule has 2 heteroatoms. The molecule has 0 aliphatic rings. The van der Waals surface area contributed by atoms with Crippen LogP contribution in [0.5, 0.6) is 0 Å². The molecule has 0 saturated heterocycles. The molecule has 17 heavy (non-hydrogen) atoms. The number of hydrogen-bond acceptors (Lipinski definition) is 2. The molecule has 1 aromatic carbocycles. The average molecular weight is 234 g/mol. The van der Waals surface area contributed by atoms with E-state index in [9.17, 15) is 0 Å². The molecule has 1 atom stereocenters. The largest absolute Gasteiger partial charge is 0.329 e. The highest BCUT2D eigenvalue weighted by Gasteiger charge is 2.07. The van der Waals surface area contributed by atoms with E-state index in [-0.39, 0.29) is 0 Å². The van der Waals surface area contributed by atoms with Crippen LogP contribution in [0.25, 0.3) is 0 Å². The minimum atomic E-state index is 0.302. The summed E-state index contributed by atoms with van der Waals surface area (Å²) in [6, 6.07) is 8.90. The van der Waals surface area contributed by atoms with Crippen molar-refractivity contribution in [1.29, 1.82) is 0 Å². The van der Waals surface area contributed by atoms with Crippen LogP contribution in [-0.2, 0) is 0 Å². The van der Waals surface area contributed by atoms with Gasteiger partial charge in [-0.1, -0.05) is 56.0 Å². The van der Waals surface area contributed by atoms with Gasteiger partial charge >= 0.3 is 0 Å². The van der Waals surface area contributed by atoms with Crippen LogP contribution in [0.4, 0.5) is 0 Å². The lowest BCUT2D eigenvalue weighted by molar-refractivity contribution is 0.514. The van der Waals surface area contributed by atoms with Crippen LogP contribution in [0, 0.1) is 6.92 Å². The summed E-state index contributed by atoms with van der Waals surface area (Å²) < 4.78 is 0. The van der Waals surface area contributed by atoms with Gasteiger partial charge in [-0.15, -0.1) is 0 Å². The summed E-state index contributed by atoms with van der Waals surface area (Å²) in [6.45, 7) is 6.09. The van der Waals surface area contributed by atoms with Crippen LogP contribution in [-0.4, -0.2) is 13.1 Å². The highest BCUT2D eigenvalue weighted by Crippen LogP contribution is 2.13. The Hall–Kier alpha value is -0.860. The summed E-state index contributed by atoms with van der Waals surface area (Å²) in [7, 11) is 0. The summed E-state index contributed by atoms with van der Waals surface area (Å²) in [4.78, 5) is 0. The van der Waals surface area contributed by atoms with E-state index < -0.39 is 0 Å². The minimum absolute atomic E-state index is 0.302. The van der Waals surface area contributed by atoms with Crippen LogP contribution in [0.15, 0.2) is 24.3 Å². The maximum Gasteiger partial charge on any atom is 0.0444 e. The first-order valence-corrected chi connectivity index (χ1v) is 6.78. The molecule has 0 bridgehead atoms. The number of benzene rings is 1. The quantitative estimate of drug-likeness (QED) is 0.678. The summed E-state index contributed by atoms with van der Waals surface area (Å²) in [6.07, 6.45) is 5.18. The zero-order valence-corrected chi connectivity index (χ0v) is 11.2. The van der Waals surface area contributed by atoms with Crippen molar-refractivity contribution < 1.29 is 0 Å². The monoisotopic (exact) mass is 234 g/mol. The van der Waals surface area contributed by atoms with E-state index in [1.807, 2.05) is 0 Å². The van der Waals surface area contributed by atoms with E-state index in [1.165, 1.54) is 36.8 Å². The summed E-state index contributed by atoms with van der Waals surface area (Å²) in [5.74, 6) is 0. The Morgan fingerprint density at radius 1 is 1.24 bits per heavy atom. The molecule has 0 aliphatic heterocycles. The van der Waals surface area contributed by atoms with Crippen molar-refractivity contribution in [2.24, 2.45) is 5.73 Å². The summed E-state index contributed by atoms with van der Waals surface area (Å²) in [5, 5.41) is 3.55. The predicted molar refractivity (Wildman–Crippen MR) is 75.1 cm³/mol. The van der Waals surface area contributed by atoms with Crippen LogP contribution in [0.1, 0.15) is 49.8 Å². The lowest BCUT2D eigenvalue weighted by Crippen LogP contribution is -2.29. The molecule has 0 radical (unpaired) electrons. The molecule has 3 N–H and O–H groups in total. The van der Waals surface area contributed by atoms with Crippen molar-refractivity contribution in [1.82, 2.24) is 5.32 Å². The van der Waals surface area contributed by atoms with E-state index in [4.69, 9.17) is 5.73 Å². The number of nitrogens with two attached hydrogens (primary N) is 1. The first kappa shape index (κ1) is 14.2. The van der Waals surface area contributed by atoms with Gasteiger partial charge in [0.2, 0.25) is 0 Å². The van der Waals surface area contributed by atoms with E-state index in [0.29, 0.717) is 12.6 Å². The lowest BCUT2D eigenvalue weighted by Gasteiger charge is -2.17. The van der Waals surface area contributed by atoms with Crippen LogP contribution >= 0.6 is 0 Å². The van der Waals surface area contributed by atoms with Gasteiger partial charge in [0.15, 0.2) is 0 Å². The topological polar surface area (TPSA) is 38.0 Å². The Morgan fingerprint density at radius 2 is 2.06 bits per heavy atom. The van der Waals surface area contributed by atoms with Crippen molar-refractivity contribution in [3.05, 3.63) is 35.4 Å². The zero-order chi connectivity index (χ0) is 12.5. The predicted octanol–water partition coefficient (Wildman–Crippen LogP) is 3.16. The Labute approximate surface area is 106 Å². The van der Waals surface area contributed by atoms with Gasteiger partial charge in [0.1, 0.15) is 0 Å². The maximum absolute atomic E-state index is 5.83. The van der Waals surface area contributed by atoms with Crippen LogP contribution in [0.3, 0.4) is 0 Å². The molecule has 0 saturated carbocycles. The fraction of sp³-hybridized carbons (Fsp3) is 0.600. The number of unbranched alkanes of at least 4 members (excludes halogenated alkanes) is 3. The highest BCUT2D eigenvalue weighted by atomic mass is 14.9. The second-order valence-corrected chi connectivity index (χ2v) is 4.72. The van der Waals surface area contributed by atoms with Gasteiger partial charge < -0.3 is 11.1 Å². The lowest BCUT2D eigenvalue weighted by atomic mass is 10.0. The van der Waals surface area contributed by atoms with E-state index >= 15 is 0 Å². The molecule has 0 spiro atoms. The number of hydrogen-bond donors (Lipinski definition) is 2. The Morgan fingerprint density at radius 3 is 2.71 bits per heavy atom. The van der Waals surface area contributed by atoms with Crippen molar-refractivity contribution >= 4 is 0 Å². The average Bonchev–Trinajstić information content (AvgIpc) is 2.34. The van der Waals surface area contributed by atoms with Gasteiger partial charge in [-0.05, 0) is 25.5 Å². The molecule has 0 fully saturated rings. The molecule has 1 unspecified atom stereocenters. The Balaban J connectivity index is 2.38. The molecule has 0 aromatic heterocycles. The molecule has 96 valence electrons. The summed E-state index contributed by atoms with van der Waals surface area (Å²) >= 11 is 0. The standard InChI is InChI=1S/C15H26N2/c1-3-4-5-6-10-17-15(12-16)14-9-7-8-13(2)11-14/h7-9,11,15,17H,3-6,10,12,16H2,1-2H3. The Bertz CT molecular complexity index is 310. The highest BCUT2D eigenvalue weighted by molar-refractivity contribution is 5.25. The van der Waals surface area contributed by atoms with Gasteiger partial charge in [0.05, 0.1) is 0 Å². The number of nitrogens with one attached hydrogen (secondary N) is 1. The molecule has 2 nitrogen and oxygen atoms in total. The van der Waals surface area contributed by atoms with Gasteiger partial charge in [0, 0.05) is 12.6 Å². The van der Waals surface area contributed by atoms with Gasteiger partial charge in [0.25, 0.3) is 0 Å². The van der Waals surface area contributed by atoms with E-state index in [1.54, 1.807) is 0 Å². The van der Waals surface area contributed by atoms with Crippen molar-refractivity contribution in [3.8, 4) is 0 Å². The fourth-order valence-corrected chi connectivity index (χ4v) is 2.05. The molecule has 0 aliphatic carbocycles. The third kappa shape index (κ3) is 5.33.